The van der Waals surface area contributed by atoms with Gasteiger partial charge in [0.2, 0.25) is 11.7 Å². The fraction of sp³-hybridized carbons (Fsp3) is 0.306. The number of carbonyl (C=O) groups is 4. The number of aliphatic carboxylic acids is 1. The first kappa shape index (κ1) is 51.9. The van der Waals surface area contributed by atoms with E-state index in [2.05, 4.69) is 20.7 Å². The lowest BCUT2D eigenvalue weighted by Gasteiger charge is -2.24. The Balaban J connectivity index is 1.39. The molecule has 0 heterocycles. The molecule has 20 nitrogen and oxygen atoms in total. The van der Waals surface area contributed by atoms with Crippen molar-refractivity contribution < 1.29 is 67.7 Å². The minimum absolute atomic E-state index is 0.0481. The summed E-state index contributed by atoms with van der Waals surface area (Å²) in [6.45, 7) is 5.14. The van der Waals surface area contributed by atoms with Crippen LogP contribution in [0.25, 0.3) is 21.6 Å². The number of carboxylic acids is 1. The maximum absolute atomic E-state index is 13.8. The fourth-order valence-corrected chi connectivity index (χ4v) is 7.09. The average Bonchev–Trinajstić information content (AvgIpc) is 3.33. The molecule has 0 fully saturated rings. The zero-order chi connectivity index (χ0) is 50.4. The molecule has 69 heavy (non-hydrogen) atoms. The fourth-order valence-electron chi connectivity index (χ4n) is 7.09. The summed E-state index contributed by atoms with van der Waals surface area (Å²) in [6.07, 6.45) is -2.24. The summed E-state index contributed by atoms with van der Waals surface area (Å²) in [5.74, 6) is -2.01. The number of amides is 2. The number of rotatable bonds is 22. The van der Waals surface area contributed by atoms with E-state index in [1.165, 1.54) is 70.9 Å². The Morgan fingerprint density at radius 2 is 1.49 bits per heavy atom. The van der Waals surface area contributed by atoms with E-state index in [0.29, 0.717) is 34.5 Å². The third kappa shape index (κ3) is 13.3. The molecule has 5 rings (SSSR count). The van der Waals surface area contributed by atoms with E-state index in [1.807, 2.05) is 30.3 Å². The Hall–Kier alpha value is -8.03. The molecule has 0 bridgehead atoms. The highest BCUT2D eigenvalue weighted by Gasteiger charge is 2.33. The number of nitrogens with two attached hydrogens (primary N) is 1. The van der Waals surface area contributed by atoms with Gasteiger partial charge in [0, 0.05) is 22.1 Å². The molecule has 0 unspecified atom stereocenters. The monoisotopic (exact) mass is 950 g/mol. The van der Waals surface area contributed by atoms with Crippen LogP contribution in [0.2, 0.25) is 0 Å². The van der Waals surface area contributed by atoms with Crippen LogP contribution in [0.5, 0.6) is 40.2 Å². The van der Waals surface area contributed by atoms with Crippen LogP contribution in [-0.4, -0.2) is 86.3 Å². The minimum Gasteiger partial charge on any atom is -0.504 e. The first-order chi connectivity index (χ1) is 32.9. The summed E-state index contributed by atoms with van der Waals surface area (Å²) in [5.41, 5.74) is 17.8. The Morgan fingerprint density at radius 1 is 0.812 bits per heavy atom. The summed E-state index contributed by atoms with van der Waals surface area (Å²) >= 11 is 0. The second-order valence-corrected chi connectivity index (χ2v) is 16.2. The number of hydrogen-bond acceptors (Lipinski definition) is 15. The van der Waals surface area contributed by atoms with E-state index in [1.54, 1.807) is 45.0 Å². The summed E-state index contributed by atoms with van der Waals surface area (Å²) < 4.78 is 39.6. The molecule has 0 aliphatic rings. The highest BCUT2D eigenvalue weighted by molar-refractivity contribution is 5.89. The third-order valence-electron chi connectivity index (χ3n) is 10.4. The summed E-state index contributed by atoms with van der Waals surface area (Å²) in [6, 6.07) is 19.8. The standard InChI is InChI=1S/C49H54N6O14/c1-49(2,3)69-48(62)52-35(24-56)30-20-37(57)45(66-7)40(21-30)68-31-16-13-28(14-17-31)44(58)43(47(60)61)53-46(59)42(50)29-15-18-38(64-5)34(19-29)41-33(22-32(63-4)23-39(41)65-6)36(54-55-51)26-67-25-27-11-9-8-10-12-27/h8-24,35-36,42-44,57-58H,25-26,50H2,1-7H3,(H,52,62)(H,53,59)(H,60,61)/t35-,36-,42+,43-,44+/m1/s1. The smallest absolute Gasteiger partial charge is 0.408 e. The zero-order valence-corrected chi connectivity index (χ0v) is 38.9. The Labute approximate surface area is 397 Å². The molecule has 5 aromatic carbocycles. The van der Waals surface area contributed by atoms with Gasteiger partial charge in [0.15, 0.2) is 17.5 Å². The number of ether oxygens (including phenoxy) is 7. The van der Waals surface area contributed by atoms with Crippen LogP contribution in [0.3, 0.4) is 0 Å². The van der Waals surface area contributed by atoms with E-state index in [0.717, 1.165) is 5.56 Å². The molecule has 20 heteroatoms. The lowest BCUT2D eigenvalue weighted by Crippen LogP contribution is -2.48. The van der Waals surface area contributed by atoms with E-state index in [4.69, 9.17) is 38.9 Å². The van der Waals surface area contributed by atoms with Gasteiger partial charge >= 0.3 is 12.1 Å². The number of nitrogens with zero attached hydrogens (tertiary/aromatic N) is 3. The van der Waals surface area contributed by atoms with Crippen molar-refractivity contribution in [3.05, 3.63) is 135 Å². The first-order valence-corrected chi connectivity index (χ1v) is 21.2. The van der Waals surface area contributed by atoms with Crippen molar-refractivity contribution in [2.45, 2.75) is 63.3 Å². The van der Waals surface area contributed by atoms with Gasteiger partial charge in [-0.1, -0.05) is 53.6 Å². The number of hydrogen-bond donors (Lipinski definition) is 6. The molecule has 2 amide bonds. The van der Waals surface area contributed by atoms with Crippen LogP contribution in [0, 0.1) is 0 Å². The van der Waals surface area contributed by atoms with Crippen molar-refractivity contribution in [1.29, 1.82) is 0 Å². The number of aldehydes is 1. The first-order valence-electron chi connectivity index (χ1n) is 21.2. The van der Waals surface area contributed by atoms with Crippen molar-refractivity contribution in [3.8, 4) is 51.4 Å². The van der Waals surface area contributed by atoms with E-state index >= 15 is 0 Å². The lowest BCUT2D eigenvalue weighted by atomic mass is 9.91. The van der Waals surface area contributed by atoms with Gasteiger partial charge in [-0.05, 0) is 96.6 Å². The van der Waals surface area contributed by atoms with E-state index < -0.39 is 59.6 Å². The third-order valence-corrected chi connectivity index (χ3v) is 10.4. The molecule has 0 saturated carbocycles. The molecule has 7 N–H and O–H groups in total. The number of carbonyl (C=O) groups excluding carboxylic acids is 3. The maximum Gasteiger partial charge on any atom is 0.408 e. The van der Waals surface area contributed by atoms with Crippen molar-refractivity contribution >= 4 is 24.3 Å². The molecule has 0 radical (unpaired) electrons. The largest absolute Gasteiger partial charge is 0.504 e. The number of aromatic hydroxyl groups is 1. The van der Waals surface area contributed by atoms with Gasteiger partial charge in [-0.25, -0.2) is 9.59 Å². The molecule has 0 aliphatic carbocycles. The topological polar surface area (TPSA) is 292 Å². The normalized spacial score (nSPS) is 13.2. The van der Waals surface area contributed by atoms with Crippen LogP contribution in [0.15, 0.2) is 102 Å². The quantitative estimate of drug-likeness (QED) is 0.0169. The predicted molar refractivity (Wildman–Crippen MR) is 250 cm³/mol. The molecular weight excluding hydrogens is 897 g/mol. The van der Waals surface area contributed by atoms with Crippen LogP contribution >= 0.6 is 0 Å². The average molecular weight is 951 g/mol. The molecule has 364 valence electrons. The SMILES string of the molecule is COc1cc(OC)c(-c2cc([C@H](N)C(=O)N[C@@H](C(=O)O)[C@@H](O)c3ccc(Oc4cc([C@@H](C=O)NC(=O)OC(C)(C)C)cc(O)c4OC)cc3)ccc2OC)c([C@@H](COCc2ccccc2)N=[N+]=[N-])c1. The number of nitrogens with one attached hydrogen (secondary N) is 2. The number of azide groups is 1. The molecule has 0 aliphatic heterocycles. The molecule has 5 atom stereocenters. The van der Waals surface area contributed by atoms with Gasteiger partial charge < -0.3 is 69.6 Å². The Bertz CT molecular complexity index is 2650. The van der Waals surface area contributed by atoms with E-state index in [-0.39, 0.29) is 52.9 Å². The molecule has 0 spiro atoms. The molecular formula is C49H54N6O14. The highest BCUT2D eigenvalue weighted by Crippen LogP contribution is 2.46. The maximum atomic E-state index is 13.8. The number of phenolic OH excluding ortho intramolecular Hbond substituents is 1. The van der Waals surface area contributed by atoms with Gasteiger partial charge in [-0.15, -0.1) is 0 Å². The Morgan fingerprint density at radius 3 is 2.09 bits per heavy atom. The van der Waals surface area contributed by atoms with Gasteiger partial charge in [-0.2, -0.15) is 0 Å². The van der Waals surface area contributed by atoms with Crippen LogP contribution in [0.1, 0.15) is 72.8 Å². The summed E-state index contributed by atoms with van der Waals surface area (Å²) in [7, 11) is 5.61. The van der Waals surface area contributed by atoms with Gasteiger partial charge in [0.05, 0.1) is 47.7 Å². The summed E-state index contributed by atoms with van der Waals surface area (Å²) in [4.78, 5) is 53.9. The number of alkyl carbamates (subject to hydrolysis) is 1. The van der Waals surface area contributed by atoms with Crippen LogP contribution < -0.4 is 40.1 Å². The van der Waals surface area contributed by atoms with E-state index in [9.17, 15) is 40.0 Å². The molecule has 5 aromatic rings. The zero-order valence-electron chi connectivity index (χ0n) is 38.9. The van der Waals surface area contributed by atoms with Gasteiger partial charge in [0.25, 0.3) is 0 Å². The second kappa shape index (κ2) is 23.6. The number of aliphatic hydroxyl groups excluding tert-OH is 1. The Kier molecular flexibility index (Phi) is 17.8. The van der Waals surface area contributed by atoms with Crippen molar-refractivity contribution in [3.63, 3.8) is 0 Å². The number of benzene rings is 5. The van der Waals surface area contributed by atoms with Gasteiger partial charge in [-0.3, -0.25) is 4.79 Å². The highest BCUT2D eigenvalue weighted by atomic mass is 16.6. The van der Waals surface area contributed by atoms with Crippen LogP contribution in [-0.2, 0) is 30.5 Å². The predicted octanol–water partition coefficient (Wildman–Crippen LogP) is 7.52. The molecule has 0 saturated heterocycles. The second-order valence-electron chi connectivity index (χ2n) is 16.2. The number of carboxylic acid groups (broad SMARTS) is 1. The summed E-state index contributed by atoms with van der Waals surface area (Å²) in [5, 5.41) is 41.1. The number of aliphatic hydroxyl groups is 1. The van der Waals surface area contributed by atoms with Crippen molar-refractivity contribution in [1.82, 2.24) is 10.6 Å². The van der Waals surface area contributed by atoms with Crippen molar-refractivity contribution in [2.24, 2.45) is 10.8 Å². The van der Waals surface area contributed by atoms with Crippen LogP contribution in [0.4, 0.5) is 4.79 Å². The lowest BCUT2D eigenvalue weighted by molar-refractivity contribution is -0.145. The molecule has 0 aromatic heterocycles. The number of phenols is 1. The van der Waals surface area contributed by atoms with Gasteiger partial charge in [0.1, 0.15) is 53.1 Å². The van der Waals surface area contributed by atoms with Crippen molar-refractivity contribution in [2.75, 3.05) is 35.0 Å². The number of methoxy groups -OCH3 is 4. The minimum atomic E-state index is -1.90.